The predicted octanol–water partition coefficient (Wildman–Crippen LogP) is 1.27. The third-order valence-corrected chi connectivity index (χ3v) is 6.60. The van der Waals surface area contributed by atoms with Crippen molar-refractivity contribution in [2.24, 2.45) is 5.41 Å². The predicted molar refractivity (Wildman–Crippen MR) is 129 cm³/mol. The molecule has 0 aromatic heterocycles. The summed E-state index contributed by atoms with van der Waals surface area (Å²) in [5.41, 5.74) is -1.16. The van der Waals surface area contributed by atoms with Gasteiger partial charge in [-0.15, -0.1) is 0 Å². The number of rotatable bonds is 6. The van der Waals surface area contributed by atoms with Crippen LogP contribution in [0.5, 0.6) is 0 Å². The first-order valence-corrected chi connectivity index (χ1v) is 12.5. The highest BCUT2D eigenvalue weighted by atomic mass is 32.2. The van der Waals surface area contributed by atoms with Crippen molar-refractivity contribution in [3.8, 4) is 0 Å². The van der Waals surface area contributed by atoms with Gasteiger partial charge in [-0.05, 0) is 38.3 Å². The zero-order chi connectivity index (χ0) is 26.8. The Labute approximate surface area is 208 Å². The molecule has 0 spiro atoms. The second-order valence-electron chi connectivity index (χ2n) is 10.5. The number of nitrogens with zero attached hydrogens (tertiary/aromatic N) is 1. The van der Waals surface area contributed by atoms with Crippen molar-refractivity contribution >= 4 is 41.4 Å². The van der Waals surface area contributed by atoms with Crippen molar-refractivity contribution < 1.29 is 36.5 Å². The molecule has 1 aliphatic heterocycles. The van der Waals surface area contributed by atoms with Crippen LogP contribution in [0, 0.1) is 5.41 Å². The van der Waals surface area contributed by atoms with E-state index in [0.717, 1.165) is 0 Å². The lowest BCUT2D eigenvalue weighted by atomic mass is 9.85. The Balaban J connectivity index is 2.29. The molecule has 1 N–H and O–H groups in total. The van der Waals surface area contributed by atoms with Crippen LogP contribution < -0.4 is 10.8 Å². The fourth-order valence-corrected chi connectivity index (χ4v) is 4.66. The highest BCUT2D eigenvalue weighted by Crippen LogP contribution is 2.29. The minimum absolute atomic E-state index is 0.101. The van der Waals surface area contributed by atoms with Crippen LogP contribution in [-0.2, 0) is 33.4 Å². The molecule has 1 aliphatic rings. The second kappa shape index (κ2) is 10.6. The molecular formula is C23H33BN2O8S. The maximum atomic E-state index is 13.6. The number of ether oxygens (including phenoxy) is 2. The lowest BCUT2D eigenvalue weighted by molar-refractivity contribution is -0.152. The average molecular weight is 508 g/mol. The molecule has 1 saturated heterocycles. The van der Waals surface area contributed by atoms with Gasteiger partial charge in [-0.2, -0.15) is 8.42 Å². The van der Waals surface area contributed by atoms with Gasteiger partial charge in [0.15, 0.2) is 0 Å². The Hall–Kier alpha value is -2.60. The fourth-order valence-electron chi connectivity index (χ4n) is 3.58. The van der Waals surface area contributed by atoms with Crippen LogP contribution in [0.2, 0.25) is 0 Å². The Kier molecular flexibility index (Phi) is 8.65. The van der Waals surface area contributed by atoms with E-state index in [1.54, 1.807) is 41.5 Å². The first kappa shape index (κ1) is 28.6. The number of benzene rings is 1. The van der Waals surface area contributed by atoms with Crippen molar-refractivity contribution in [3.05, 3.63) is 24.3 Å². The van der Waals surface area contributed by atoms with E-state index in [-0.39, 0.29) is 17.9 Å². The number of carbonyl (C=O) groups excluding carboxylic acids is 3. The summed E-state index contributed by atoms with van der Waals surface area (Å²) in [7, 11) is 2.60. The number of amides is 2. The number of alkyl carbamates (subject to hydrolysis) is 1. The first-order chi connectivity index (χ1) is 15.9. The molecule has 2 amide bonds. The Morgan fingerprint density at radius 1 is 1.09 bits per heavy atom. The van der Waals surface area contributed by atoms with E-state index in [1.807, 2.05) is 0 Å². The number of hydrogen-bond donors (Lipinski definition) is 1. The van der Waals surface area contributed by atoms with Crippen LogP contribution in [0.25, 0.3) is 0 Å². The van der Waals surface area contributed by atoms with E-state index >= 15 is 0 Å². The normalized spacial score (nSPS) is 19.7. The molecule has 0 saturated carbocycles. The molecule has 3 atom stereocenters. The summed E-state index contributed by atoms with van der Waals surface area (Å²) in [6.07, 6.45) is -1.90. The van der Waals surface area contributed by atoms with Crippen molar-refractivity contribution in [3.63, 3.8) is 0 Å². The first-order valence-electron chi connectivity index (χ1n) is 11.1. The SMILES string of the molecule is [B]c1ccc(S(=O)(=O)O[C@H]2C[C@@H](C(=O)OC)N(C(=O)[C@@H](NC(=O)OC(C)(C)C)C(C)(C)C)C2)cc1. The fraction of sp³-hybridized carbons (Fsp3) is 0.609. The molecule has 0 aliphatic carbocycles. The van der Waals surface area contributed by atoms with Gasteiger partial charge in [0.1, 0.15) is 25.5 Å². The summed E-state index contributed by atoms with van der Waals surface area (Å²) >= 11 is 0. The van der Waals surface area contributed by atoms with E-state index in [1.165, 1.54) is 36.3 Å². The number of methoxy groups -OCH3 is 1. The van der Waals surface area contributed by atoms with Gasteiger partial charge in [-0.25, -0.2) is 9.59 Å². The van der Waals surface area contributed by atoms with Crippen LogP contribution in [0.3, 0.4) is 0 Å². The quantitative estimate of drug-likeness (QED) is 0.346. The standard InChI is InChI=1S/C23H33BN2O8S/c1-22(2,3)18(25-21(29)33-23(4,5)6)19(27)26-13-15(12-17(26)20(28)32-7)34-35(30,31)16-10-8-14(24)9-11-16/h8-11,15,17-18H,12-13H2,1-7H3,(H,25,29)/t15-,17-,18+/m0/s1. The number of esters is 1. The molecule has 0 bridgehead atoms. The van der Waals surface area contributed by atoms with E-state index in [9.17, 15) is 22.8 Å². The maximum Gasteiger partial charge on any atom is 0.408 e. The molecule has 35 heavy (non-hydrogen) atoms. The third-order valence-electron chi connectivity index (χ3n) is 5.22. The summed E-state index contributed by atoms with van der Waals surface area (Å²) in [6.45, 7) is 10.1. The molecule has 0 unspecified atom stereocenters. The maximum absolute atomic E-state index is 13.6. The smallest absolute Gasteiger partial charge is 0.408 e. The minimum atomic E-state index is -4.19. The average Bonchev–Trinajstić information content (AvgIpc) is 3.12. The molecule has 1 aromatic rings. The van der Waals surface area contributed by atoms with Gasteiger partial charge < -0.3 is 19.7 Å². The van der Waals surface area contributed by atoms with Gasteiger partial charge in [0.2, 0.25) is 5.91 Å². The topological polar surface area (TPSA) is 128 Å². The molecule has 2 rings (SSSR count). The van der Waals surface area contributed by atoms with Gasteiger partial charge in [-0.1, -0.05) is 38.4 Å². The molecule has 10 nitrogen and oxygen atoms in total. The van der Waals surface area contributed by atoms with Crippen LogP contribution in [0.15, 0.2) is 29.2 Å². The lowest BCUT2D eigenvalue weighted by Crippen LogP contribution is -2.57. The van der Waals surface area contributed by atoms with Gasteiger partial charge in [0, 0.05) is 13.0 Å². The zero-order valence-electron chi connectivity index (χ0n) is 21.2. The van der Waals surface area contributed by atoms with Gasteiger partial charge in [0.25, 0.3) is 10.1 Å². The lowest BCUT2D eigenvalue weighted by Gasteiger charge is -2.35. The van der Waals surface area contributed by atoms with Crippen molar-refractivity contribution in [1.82, 2.24) is 10.2 Å². The van der Waals surface area contributed by atoms with Gasteiger partial charge in [0.05, 0.1) is 18.1 Å². The number of hydrogen-bond acceptors (Lipinski definition) is 8. The molecular weight excluding hydrogens is 475 g/mol. The highest BCUT2D eigenvalue weighted by molar-refractivity contribution is 7.86. The minimum Gasteiger partial charge on any atom is -0.467 e. The molecule has 1 fully saturated rings. The van der Waals surface area contributed by atoms with Crippen LogP contribution >= 0.6 is 0 Å². The van der Waals surface area contributed by atoms with E-state index in [0.29, 0.717) is 5.46 Å². The van der Waals surface area contributed by atoms with E-state index in [4.69, 9.17) is 21.5 Å². The van der Waals surface area contributed by atoms with Crippen molar-refractivity contribution in [2.45, 2.75) is 76.6 Å². The number of nitrogens with one attached hydrogen (secondary N) is 1. The Bertz CT molecular complexity index is 1040. The highest BCUT2D eigenvalue weighted by Gasteiger charge is 2.47. The molecule has 192 valence electrons. The van der Waals surface area contributed by atoms with E-state index in [2.05, 4.69) is 5.32 Å². The van der Waals surface area contributed by atoms with Gasteiger partial charge >= 0.3 is 12.1 Å². The Morgan fingerprint density at radius 3 is 2.14 bits per heavy atom. The number of likely N-dealkylation sites (tertiary alicyclic amines) is 1. The van der Waals surface area contributed by atoms with Crippen LogP contribution in [0.1, 0.15) is 48.0 Å². The molecule has 12 heteroatoms. The third kappa shape index (κ3) is 7.69. The van der Waals surface area contributed by atoms with Gasteiger partial charge in [-0.3, -0.25) is 8.98 Å². The summed E-state index contributed by atoms with van der Waals surface area (Å²) < 4.78 is 41.0. The zero-order valence-corrected chi connectivity index (χ0v) is 22.0. The van der Waals surface area contributed by atoms with Crippen molar-refractivity contribution in [1.29, 1.82) is 0 Å². The molecule has 1 aromatic carbocycles. The van der Waals surface area contributed by atoms with Crippen LogP contribution in [0.4, 0.5) is 4.79 Å². The summed E-state index contributed by atoms with van der Waals surface area (Å²) in [4.78, 5) is 39.6. The molecule has 1 heterocycles. The van der Waals surface area contributed by atoms with Crippen LogP contribution in [-0.4, -0.2) is 76.6 Å². The summed E-state index contributed by atoms with van der Waals surface area (Å²) in [5, 5.41) is 2.59. The Morgan fingerprint density at radius 2 is 1.66 bits per heavy atom. The van der Waals surface area contributed by atoms with E-state index < -0.39 is 57.3 Å². The summed E-state index contributed by atoms with van der Waals surface area (Å²) in [6, 6.07) is 3.30. The molecule has 2 radical (unpaired) electrons. The summed E-state index contributed by atoms with van der Waals surface area (Å²) in [5.74, 6) is -1.31. The largest absolute Gasteiger partial charge is 0.467 e. The monoisotopic (exact) mass is 508 g/mol. The van der Waals surface area contributed by atoms with Crippen molar-refractivity contribution in [2.75, 3.05) is 13.7 Å². The number of carbonyl (C=O) groups is 3. The second-order valence-corrected chi connectivity index (χ2v) is 12.0.